The van der Waals surface area contributed by atoms with Gasteiger partial charge in [0.1, 0.15) is 5.82 Å². The van der Waals surface area contributed by atoms with Gasteiger partial charge < -0.3 is 0 Å². The molecule has 0 unspecified atom stereocenters. The number of allylic oxidation sites excluding steroid dienone is 2. The van der Waals surface area contributed by atoms with Crippen LogP contribution < -0.4 is 0 Å². The lowest BCUT2D eigenvalue weighted by Gasteiger charge is -2.38. The first-order valence-corrected chi connectivity index (χ1v) is 17.5. The van der Waals surface area contributed by atoms with Gasteiger partial charge in [0.15, 0.2) is 11.6 Å². The van der Waals surface area contributed by atoms with Crippen LogP contribution in [0.15, 0.2) is 66.7 Å². The monoisotopic (exact) mass is 600 g/mol. The summed E-state index contributed by atoms with van der Waals surface area (Å²) in [6.45, 7) is 4.24. The third kappa shape index (κ3) is 8.06. The van der Waals surface area contributed by atoms with E-state index in [9.17, 15) is 8.78 Å². The number of benzene rings is 3. The topological polar surface area (TPSA) is 0 Å². The molecule has 0 aliphatic heterocycles. The highest BCUT2D eigenvalue weighted by Gasteiger charge is 2.32. The van der Waals surface area contributed by atoms with Crippen molar-refractivity contribution in [3.8, 4) is 22.3 Å². The Labute approximate surface area is 264 Å². The van der Waals surface area contributed by atoms with Crippen molar-refractivity contribution in [1.82, 2.24) is 0 Å². The van der Waals surface area contributed by atoms with Gasteiger partial charge in [0, 0.05) is 5.56 Å². The van der Waals surface area contributed by atoms with Gasteiger partial charge in [-0.2, -0.15) is 0 Å². The van der Waals surface area contributed by atoms with Crippen LogP contribution in [0.4, 0.5) is 13.2 Å². The van der Waals surface area contributed by atoms with Crippen molar-refractivity contribution in [1.29, 1.82) is 0 Å². The highest BCUT2D eigenvalue weighted by molar-refractivity contribution is 5.71. The molecule has 5 rings (SSSR count). The van der Waals surface area contributed by atoms with E-state index in [0.717, 1.165) is 73.0 Å². The van der Waals surface area contributed by atoms with Crippen molar-refractivity contribution < 1.29 is 13.2 Å². The van der Waals surface area contributed by atoms with Gasteiger partial charge in [-0.25, -0.2) is 13.2 Å². The molecule has 2 fully saturated rings. The molecule has 0 atom stereocenters. The minimum absolute atomic E-state index is 0.126. The maximum Gasteiger partial charge on any atom is 0.166 e. The van der Waals surface area contributed by atoms with Crippen molar-refractivity contribution in [2.45, 2.75) is 116 Å². The van der Waals surface area contributed by atoms with E-state index in [4.69, 9.17) is 0 Å². The fourth-order valence-corrected chi connectivity index (χ4v) is 7.98. The fraction of sp³-hybridized carbons (Fsp3) is 0.512. The summed E-state index contributed by atoms with van der Waals surface area (Å²) < 4.78 is 45.2. The number of hydrogen-bond donors (Lipinski definition) is 0. The molecule has 0 amide bonds. The molecule has 0 radical (unpaired) electrons. The Morgan fingerprint density at radius 1 is 0.682 bits per heavy atom. The molecule has 3 aromatic carbocycles. The molecule has 3 aromatic rings. The average molecular weight is 601 g/mol. The first-order valence-electron chi connectivity index (χ1n) is 17.5. The zero-order chi connectivity index (χ0) is 30.9. The zero-order valence-corrected chi connectivity index (χ0v) is 26.9. The molecule has 0 heterocycles. The van der Waals surface area contributed by atoms with Gasteiger partial charge >= 0.3 is 0 Å². The second-order valence-corrected chi connectivity index (χ2v) is 13.6. The molecule has 2 saturated carbocycles. The van der Waals surface area contributed by atoms with Gasteiger partial charge in [0.05, 0.1) is 0 Å². The lowest BCUT2D eigenvalue weighted by Crippen LogP contribution is -2.25. The smallest absolute Gasteiger partial charge is 0.166 e. The third-order valence-corrected chi connectivity index (χ3v) is 10.7. The second-order valence-electron chi connectivity index (χ2n) is 13.6. The quantitative estimate of drug-likeness (QED) is 0.143. The lowest BCUT2D eigenvalue weighted by molar-refractivity contribution is 0.156. The van der Waals surface area contributed by atoms with Crippen LogP contribution in [0, 0.1) is 35.2 Å². The summed E-state index contributed by atoms with van der Waals surface area (Å²) in [5.41, 5.74) is 3.87. The Morgan fingerprint density at radius 3 is 2.00 bits per heavy atom. The van der Waals surface area contributed by atoms with Crippen LogP contribution >= 0.6 is 0 Å². The molecule has 2 aliphatic carbocycles. The van der Waals surface area contributed by atoms with Crippen LogP contribution in [-0.4, -0.2) is 0 Å². The minimum Gasteiger partial charge on any atom is -0.207 e. The zero-order valence-electron chi connectivity index (χ0n) is 26.9. The Bertz CT molecular complexity index is 1360. The van der Waals surface area contributed by atoms with E-state index in [-0.39, 0.29) is 11.4 Å². The van der Waals surface area contributed by atoms with E-state index >= 15 is 4.39 Å². The Balaban J connectivity index is 1.16. The summed E-state index contributed by atoms with van der Waals surface area (Å²) in [5, 5.41) is 0. The van der Waals surface area contributed by atoms with E-state index in [1.165, 1.54) is 51.4 Å². The van der Waals surface area contributed by atoms with Gasteiger partial charge in [-0.05, 0) is 129 Å². The average Bonchev–Trinajstić information content (AvgIpc) is 3.06. The Kier molecular flexibility index (Phi) is 11.8. The number of hydrogen-bond acceptors (Lipinski definition) is 0. The second kappa shape index (κ2) is 16.0. The van der Waals surface area contributed by atoms with Crippen molar-refractivity contribution >= 4 is 0 Å². The summed E-state index contributed by atoms with van der Waals surface area (Å²) in [6.07, 6.45) is 21.8. The van der Waals surface area contributed by atoms with Crippen LogP contribution in [0.25, 0.3) is 22.3 Å². The van der Waals surface area contributed by atoms with Gasteiger partial charge in [-0.15, -0.1) is 0 Å². The minimum atomic E-state index is -0.788. The third-order valence-electron chi connectivity index (χ3n) is 10.7. The van der Waals surface area contributed by atoms with Crippen molar-refractivity contribution in [2.24, 2.45) is 17.8 Å². The predicted octanol–water partition coefficient (Wildman–Crippen LogP) is 13.0. The van der Waals surface area contributed by atoms with Crippen LogP contribution in [0.3, 0.4) is 0 Å². The molecule has 44 heavy (non-hydrogen) atoms. The first-order chi connectivity index (χ1) is 21.5. The maximum atomic E-state index is 15.5. The number of rotatable bonds is 12. The fourth-order valence-electron chi connectivity index (χ4n) is 7.98. The highest BCUT2D eigenvalue weighted by atomic mass is 19.2. The summed E-state index contributed by atoms with van der Waals surface area (Å²) >= 11 is 0. The molecule has 3 heteroatoms. The van der Waals surface area contributed by atoms with Crippen molar-refractivity contribution in [2.75, 3.05) is 0 Å². The summed E-state index contributed by atoms with van der Waals surface area (Å²) in [4.78, 5) is 0. The molecule has 0 saturated heterocycles. The van der Waals surface area contributed by atoms with Gasteiger partial charge in [0.25, 0.3) is 0 Å². The Morgan fingerprint density at radius 2 is 1.34 bits per heavy atom. The van der Waals surface area contributed by atoms with Gasteiger partial charge in [-0.1, -0.05) is 99.7 Å². The summed E-state index contributed by atoms with van der Waals surface area (Å²) in [5.74, 6) is 1.22. The van der Waals surface area contributed by atoms with Crippen LogP contribution in [0.2, 0.25) is 0 Å². The van der Waals surface area contributed by atoms with Crippen molar-refractivity contribution in [3.63, 3.8) is 0 Å². The summed E-state index contributed by atoms with van der Waals surface area (Å²) in [6, 6.07) is 16.4. The van der Waals surface area contributed by atoms with Crippen LogP contribution in [0.1, 0.15) is 121 Å². The standard InChI is InChI=1S/C41H51F3/c1-3-5-7-9-11-35-24-27-38(41(44)40(35)43)34-22-18-32(19-23-34)36-25-26-37(39(42)28-36)33-20-16-31(17-21-33)30-14-12-29(13-15-30)10-8-6-4-2/h4,6,18-19,22-31,33H,3,5,7-17,20-21H2,1-2H3. The molecule has 2 aliphatic rings. The SMILES string of the molecule is CC=CCCC1CCC(C2CCC(c3ccc(-c4ccc(-c5ccc(CCCCCC)c(F)c5F)cc4)cc3F)CC2)CC1. The Hall–Kier alpha value is -2.81. The largest absolute Gasteiger partial charge is 0.207 e. The highest BCUT2D eigenvalue weighted by Crippen LogP contribution is 2.45. The van der Waals surface area contributed by atoms with E-state index < -0.39 is 11.6 Å². The normalized spacial score (nSPS) is 22.5. The van der Waals surface area contributed by atoms with Crippen molar-refractivity contribution in [3.05, 3.63) is 95.3 Å². The maximum absolute atomic E-state index is 15.5. The molecule has 0 bridgehead atoms. The predicted molar refractivity (Wildman–Crippen MR) is 179 cm³/mol. The first kappa shape index (κ1) is 32.6. The molecule has 0 nitrogen and oxygen atoms in total. The van der Waals surface area contributed by atoms with Crippen LogP contribution in [-0.2, 0) is 6.42 Å². The number of unbranched alkanes of at least 4 members (excludes halogenated alkanes) is 3. The van der Waals surface area contributed by atoms with E-state index in [2.05, 4.69) is 26.0 Å². The van der Waals surface area contributed by atoms with Crippen LogP contribution in [0.5, 0.6) is 0 Å². The number of aryl methyl sites for hydroxylation is 1. The molecule has 0 N–H and O–H groups in total. The molecule has 236 valence electrons. The molecule has 0 spiro atoms. The van der Waals surface area contributed by atoms with E-state index in [1.54, 1.807) is 30.3 Å². The number of halogens is 3. The molecular weight excluding hydrogens is 549 g/mol. The van der Waals surface area contributed by atoms with Gasteiger partial charge in [-0.3, -0.25) is 0 Å². The van der Waals surface area contributed by atoms with E-state index in [0.29, 0.717) is 23.5 Å². The summed E-state index contributed by atoms with van der Waals surface area (Å²) in [7, 11) is 0. The van der Waals surface area contributed by atoms with Gasteiger partial charge in [0.2, 0.25) is 0 Å². The van der Waals surface area contributed by atoms with E-state index in [1.807, 2.05) is 24.3 Å². The lowest BCUT2D eigenvalue weighted by atomic mass is 9.68. The molecule has 0 aromatic heterocycles. The molecular formula is C41H51F3.